The first-order valence-corrected chi connectivity index (χ1v) is 5.30. The molecule has 2 heterocycles. The SMILES string of the molecule is Cn1cccc(C(=O)N2CC[C@H](N)C2)c1=O. The molecule has 0 spiro atoms. The van der Waals surface area contributed by atoms with Crippen LogP contribution in [0.4, 0.5) is 0 Å². The highest BCUT2D eigenvalue weighted by molar-refractivity contribution is 5.94. The van der Waals surface area contributed by atoms with E-state index < -0.39 is 0 Å². The first kappa shape index (κ1) is 10.9. The summed E-state index contributed by atoms with van der Waals surface area (Å²) in [5.74, 6) is -0.214. The number of aromatic nitrogens is 1. The minimum Gasteiger partial charge on any atom is -0.337 e. The van der Waals surface area contributed by atoms with E-state index in [9.17, 15) is 9.59 Å². The van der Waals surface area contributed by atoms with Gasteiger partial charge in [0.2, 0.25) is 0 Å². The first-order chi connectivity index (χ1) is 7.59. The molecule has 0 bridgehead atoms. The van der Waals surface area contributed by atoms with E-state index in [0.29, 0.717) is 13.1 Å². The molecule has 86 valence electrons. The van der Waals surface area contributed by atoms with Gasteiger partial charge in [-0.05, 0) is 18.6 Å². The Bertz CT molecular complexity index is 467. The van der Waals surface area contributed by atoms with Crippen LogP contribution in [0.25, 0.3) is 0 Å². The van der Waals surface area contributed by atoms with Gasteiger partial charge in [0.15, 0.2) is 0 Å². The molecule has 1 aliphatic heterocycles. The molecule has 0 saturated carbocycles. The summed E-state index contributed by atoms with van der Waals surface area (Å²) in [5, 5.41) is 0. The van der Waals surface area contributed by atoms with Gasteiger partial charge in [0, 0.05) is 32.4 Å². The molecule has 1 saturated heterocycles. The molecule has 5 nitrogen and oxygen atoms in total. The van der Waals surface area contributed by atoms with Crippen LogP contribution in [0.1, 0.15) is 16.8 Å². The lowest BCUT2D eigenvalue weighted by Gasteiger charge is -2.15. The third-order valence-electron chi connectivity index (χ3n) is 2.87. The van der Waals surface area contributed by atoms with E-state index in [4.69, 9.17) is 5.73 Å². The van der Waals surface area contributed by atoms with Gasteiger partial charge in [0.05, 0.1) is 0 Å². The monoisotopic (exact) mass is 221 g/mol. The van der Waals surface area contributed by atoms with Crippen molar-refractivity contribution in [2.24, 2.45) is 12.8 Å². The summed E-state index contributed by atoms with van der Waals surface area (Å²) in [6.45, 7) is 1.18. The Morgan fingerprint density at radius 1 is 1.56 bits per heavy atom. The van der Waals surface area contributed by atoms with Gasteiger partial charge in [-0.3, -0.25) is 9.59 Å². The Morgan fingerprint density at radius 2 is 2.31 bits per heavy atom. The van der Waals surface area contributed by atoms with Crippen molar-refractivity contribution in [3.63, 3.8) is 0 Å². The number of carbonyl (C=O) groups is 1. The molecule has 1 aromatic heterocycles. The van der Waals surface area contributed by atoms with Crippen LogP contribution < -0.4 is 11.3 Å². The zero-order valence-electron chi connectivity index (χ0n) is 9.22. The summed E-state index contributed by atoms with van der Waals surface area (Å²) in [4.78, 5) is 25.4. The molecule has 1 atom stereocenters. The zero-order chi connectivity index (χ0) is 11.7. The second kappa shape index (κ2) is 4.09. The number of hydrogen-bond donors (Lipinski definition) is 1. The number of aryl methyl sites for hydroxylation is 1. The molecule has 1 amide bonds. The van der Waals surface area contributed by atoms with Crippen molar-refractivity contribution in [1.82, 2.24) is 9.47 Å². The van der Waals surface area contributed by atoms with Crippen molar-refractivity contribution in [3.05, 3.63) is 34.2 Å². The topological polar surface area (TPSA) is 68.3 Å². The Hall–Kier alpha value is -1.62. The van der Waals surface area contributed by atoms with Crippen LogP contribution in [-0.2, 0) is 7.05 Å². The Balaban J connectivity index is 2.28. The number of nitrogens with two attached hydrogens (primary N) is 1. The summed E-state index contributed by atoms with van der Waals surface area (Å²) in [6.07, 6.45) is 2.44. The highest BCUT2D eigenvalue weighted by Crippen LogP contribution is 2.10. The predicted molar refractivity (Wildman–Crippen MR) is 60.2 cm³/mol. The van der Waals surface area contributed by atoms with Crippen molar-refractivity contribution < 1.29 is 4.79 Å². The van der Waals surface area contributed by atoms with Crippen LogP contribution >= 0.6 is 0 Å². The van der Waals surface area contributed by atoms with Crippen LogP contribution in [0.15, 0.2) is 23.1 Å². The van der Waals surface area contributed by atoms with Gasteiger partial charge in [0.25, 0.3) is 11.5 Å². The molecular weight excluding hydrogens is 206 g/mol. The molecular formula is C11H15N3O2. The molecule has 2 rings (SSSR count). The molecule has 0 radical (unpaired) electrons. The Labute approximate surface area is 93.5 Å². The van der Waals surface area contributed by atoms with Crippen molar-refractivity contribution in [3.8, 4) is 0 Å². The Morgan fingerprint density at radius 3 is 2.94 bits per heavy atom. The second-order valence-corrected chi connectivity index (χ2v) is 4.14. The standard InChI is InChI=1S/C11H15N3O2/c1-13-5-2-3-9(10(13)15)11(16)14-6-4-8(12)7-14/h2-3,5,8H,4,6-7,12H2,1H3/t8-/m0/s1. The number of hydrogen-bond acceptors (Lipinski definition) is 3. The summed E-state index contributed by atoms with van der Waals surface area (Å²) in [6, 6.07) is 3.30. The molecule has 5 heteroatoms. The lowest BCUT2D eigenvalue weighted by molar-refractivity contribution is 0.0788. The van der Waals surface area contributed by atoms with E-state index in [1.165, 1.54) is 4.57 Å². The van der Waals surface area contributed by atoms with Crippen LogP contribution in [0, 0.1) is 0 Å². The van der Waals surface area contributed by atoms with Gasteiger partial charge in [0.1, 0.15) is 5.56 Å². The molecule has 0 aliphatic carbocycles. The number of amides is 1. The van der Waals surface area contributed by atoms with Gasteiger partial charge in [-0.1, -0.05) is 0 Å². The van der Waals surface area contributed by atoms with E-state index in [2.05, 4.69) is 0 Å². The lowest BCUT2D eigenvalue weighted by atomic mass is 10.2. The number of carbonyl (C=O) groups excluding carboxylic acids is 1. The van der Waals surface area contributed by atoms with Crippen LogP contribution in [0.3, 0.4) is 0 Å². The fourth-order valence-electron chi connectivity index (χ4n) is 1.90. The van der Waals surface area contributed by atoms with Crippen LogP contribution in [0.5, 0.6) is 0 Å². The smallest absolute Gasteiger partial charge is 0.263 e. The number of rotatable bonds is 1. The van der Waals surface area contributed by atoms with Gasteiger partial charge < -0.3 is 15.2 Å². The maximum absolute atomic E-state index is 12.0. The van der Waals surface area contributed by atoms with E-state index in [-0.39, 0.29) is 23.1 Å². The van der Waals surface area contributed by atoms with E-state index in [1.54, 1.807) is 30.3 Å². The maximum atomic E-state index is 12.0. The first-order valence-electron chi connectivity index (χ1n) is 5.30. The molecule has 0 aromatic carbocycles. The second-order valence-electron chi connectivity index (χ2n) is 4.14. The fourth-order valence-corrected chi connectivity index (χ4v) is 1.90. The average molecular weight is 221 g/mol. The summed E-state index contributed by atoms with van der Waals surface area (Å²) < 4.78 is 1.41. The molecule has 1 aliphatic rings. The summed E-state index contributed by atoms with van der Waals surface area (Å²) >= 11 is 0. The molecule has 1 aromatic rings. The maximum Gasteiger partial charge on any atom is 0.263 e. The third kappa shape index (κ3) is 1.86. The van der Waals surface area contributed by atoms with Gasteiger partial charge in [-0.2, -0.15) is 0 Å². The van der Waals surface area contributed by atoms with Gasteiger partial charge in [-0.15, -0.1) is 0 Å². The Kier molecular flexibility index (Phi) is 2.78. The van der Waals surface area contributed by atoms with Crippen molar-refractivity contribution >= 4 is 5.91 Å². The molecule has 2 N–H and O–H groups in total. The average Bonchev–Trinajstić information content (AvgIpc) is 2.68. The number of likely N-dealkylation sites (tertiary alicyclic amines) is 1. The minimum absolute atomic E-state index is 0.0384. The van der Waals surface area contributed by atoms with Crippen molar-refractivity contribution in [2.45, 2.75) is 12.5 Å². The third-order valence-corrected chi connectivity index (χ3v) is 2.87. The highest BCUT2D eigenvalue weighted by Gasteiger charge is 2.26. The van der Waals surface area contributed by atoms with Gasteiger partial charge >= 0.3 is 0 Å². The zero-order valence-corrected chi connectivity index (χ0v) is 9.22. The minimum atomic E-state index is -0.257. The van der Waals surface area contributed by atoms with Crippen LogP contribution in [0.2, 0.25) is 0 Å². The lowest BCUT2D eigenvalue weighted by Crippen LogP contribution is -2.36. The molecule has 16 heavy (non-hydrogen) atoms. The highest BCUT2D eigenvalue weighted by atomic mass is 16.2. The van der Waals surface area contributed by atoms with E-state index in [0.717, 1.165) is 6.42 Å². The van der Waals surface area contributed by atoms with Gasteiger partial charge in [-0.25, -0.2) is 0 Å². The van der Waals surface area contributed by atoms with E-state index >= 15 is 0 Å². The quantitative estimate of drug-likeness (QED) is 0.699. The summed E-state index contributed by atoms with van der Waals surface area (Å²) in [7, 11) is 1.63. The summed E-state index contributed by atoms with van der Waals surface area (Å²) in [5.41, 5.74) is 5.70. The molecule has 0 unspecified atom stereocenters. The van der Waals surface area contributed by atoms with Crippen LogP contribution in [-0.4, -0.2) is 34.5 Å². The van der Waals surface area contributed by atoms with Crippen molar-refractivity contribution in [1.29, 1.82) is 0 Å². The normalized spacial score (nSPS) is 20.1. The number of pyridine rings is 1. The predicted octanol–water partition coefficient (Wildman–Crippen LogP) is -0.442. The van der Waals surface area contributed by atoms with Crippen molar-refractivity contribution in [2.75, 3.05) is 13.1 Å². The fraction of sp³-hybridized carbons (Fsp3) is 0.455. The van der Waals surface area contributed by atoms with E-state index in [1.807, 2.05) is 0 Å². The molecule has 1 fully saturated rings. The number of nitrogens with zero attached hydrogens (tertiary/aromatic N) is 2. The largest absolute Gasteiger partial charge is 0.337 e.